The lowest BCUT2D eigenvalue weighted by Crippen LogP contribution is -2.19. The van der Waals surface area contributed by atoms with Crippen LogP contribution in [0.2, 0.25) is 0 Å². The highest BCUT2D eigenvalue weighted by Crippen LogP contribution is 2.24. The normalized spacial score (nSPS) is 14.1. The SMILES string of the molecule is Cc1nc2ccc(C(O)C(O)CCN=[N+]=[N-])cc2o1. The molecule has 7 nitrogen and oxygen atoms in total. The number of oxazole rings is 1. The standard InChI is InChI=1S/C12H14N4O3/c1-7-15-9-3-2-8(6-11(9)19-7)12(18)10(17)4-5-14-16-13/h2-3,6,10,12,17-18H,4-5H2,1H3. The summed E-state index contributed by atoms with van der Waals surface area (Å²) in [6, 6.07) is 5.06. The minimum atomic E-state index is -1.05. The first-order valence-corrected chi connectivity index (χ1v) is 5.86. The van der Waals surface area contributed by atoms with Gasteiger partial charge in [-0.05, 0) is 29.6 Å². The van der Waals surface area contributed by atoms with Crippen LogP contribution in [0.4, 0.5) is 0 Å². The van der Waals surface area contributed by atoms with E-state index < -0.39 is 12.2 Å². The monoisotopic (exact) mass is 262 g/mol. The summed E-state index contributed by atoms with van der Waals surface area (Å²) in [4.78, 5) is 6.75. The van der Waals surface area contributed by atoms with Crippen LogP contribution < -0.4 is 0 Å². The van der Waals surface area contributed by atoms with Gasteiger partial charge in [-0.2, -0.15) is 0 Å². The Morgan fingerprint density at radius 3 is 3.00 bits per heavy atom. The Hall–Kier alpha value is -2.08. The summed E-state index contributed by atoms with van der Waals surface area (Å²) in [7, 11) is 0. The number of aliphatic hydroxyl groups is 2. The van der Waals surface area contributed by atoms with E-state index in [0.717, 1.165) is 0 Å². The smallest absolute Gasteiger partial charge is 0.192 e. The summed E-state index contributed by atoms with van der Waals surface area (Å²) in [5.41, 5.74) is 9.96. The van der Waals surface area contributed by atoms with Crippen molar-refractivity contribution in [3.8, 4) is 0 Å². The molecule has 1 heterocycles. The Labute approximate surface area is 109 Å². The highest BCUT2D eigenvalue weighted by molar-refractivity contribution is 5.73. The first-order chi connectivity index (χ1) is 9.11. The molecule has 0 aliphatic heterocycles. The lowest BCUT2D eigenvalue weighted by atomic mass is 10.0. The number of hydrogen-bond donors (Lipinski definition) is 2. The molecule has 0 aliphatic rings. The average Bonchev–Trinajstić information content (AvgIpc) is 2.77. The summed E-state index contributed by atoms with van der Waals surface area (Å²) in [5, 5.41) is 23.1. The predicted octanol–water partition coefficient (Wildman–Crippen LogP) is 2.23. The van der Waals surface area contributed by atoms with E-state index in [0.29, 0.717) is 22.6 Å². The number of aliphatic hydroxyl groups excluding tert-OH is 2. The molecular formula is C12H14N4O3. The highest BCUT2D eigenvalue weighted by Gasteiger charge is 2.18. The van der Waals surface area contributed by atoms with Gasteiger partial charge < -0.3 is 14.6 Å². The number of aromatic nitrogens is 1. The van der Waals surface area contributed by atoms with Crippen LogP contribution in [-0.2, 0) is 0 Å². The van der Waals surface area contributed by atoms with Gasteiger partial charge in [-0.25, -0.2) is 4.98 Å². The van der Waals surface area contributed by atoms with Crippen LogP contribution in [0, 0.1) is 6.92 Å². The van der Waals surface area contributed by atoms with Crippen molar-refractivity contribution in [3.63, 3.8) is 0 Å². The summed E-state index contributed by atoms with van der Waals surface area (Å²) in [6.45, 7) is 1.88. The third-order valence-electron chi connectivity index (χ3n) is 2.81. The molecule has 2 atom stereocenters. The van der Waals surface area contributed by atoms with Gasteiger partial charge in [0.05, 0.1) is 6.10 Å². The summed E-state index contributed by atoms with van der Waals surface area (Å²) < 4.78 is 5.37. The maximum absolute atomic E-state index is 10.0. The molecule has 100 valence electrons. The van der Waals surface area contributed by atoms with Crippen LogP contribution in [0.25, 0.3) is 21.5 Å². The molecule has 2 rings (SSSR count). The lowest BCUT2D eigenvalue weighted by molar-refractivity contribution is 0.0151. The average molecular weight is 262 g/mol. The molecule has 2 unspecified atom stereocenters. The molecule has 0 bridgehead atoms. The maximum Gasteiger partial charge on any atom is 0.192 e. The zero-order valence-corrected chi connectivity index (χ0v) is 10.4. The Balaban J connectivity index is 2.15. The van der Waals surface area contributed by atoms with Crippen LogP contribution in [0.1, 0.15) is 24.0 Å². The minimum absolute atomic E-state index is 0.137. The van der Waals surface area contributed by atoms with Gasteiger partial charge in [-0.1, -0.05) is 11.2 Å². The van der Waals surface area contributed by atoms with E-state index in [4.69, 9.17) is 9.95 Å². The molecule has 0 fully saturated rings. The molecule has 1 aromatic heterocycles. The Morgan fingerprint density at radius 1 is 1.47 bits per heavy atom. The first kappa shape index (κ1) is 13.4. The molecule has 0 saturated heterocycles. The highest BCUT2D eigenvalue weighted by atomic mass is 16.3. The fourth-order valence-corrected chi connectivity index (χ4v) is 1.86. The molecule has 19 heavy (non-hydrogen) atoms. The third kappa shape index (κ3) is 3.03. The summed E-state index contributed by atoms with van der Waals surface area (Å²) in [6.07, 6.45) is -1.85. The predicted molar refractivity (Wildman–Crippen MR) is 68.3 cm³/mol. The molecule has 0 aliphatic carbocycles. The van der Waals surface area contributed by atoms with E-state index in [9.17, 15) is 10.2 Å². The van der Waals surface area contributed by atoms with Crippen molar-refractivity contribution in [1.82, 2.24) is 4.98 Å². The topological polar surface area (TPSA) is 115 Å². The van der Waals surface area contributed by atoms with Gasteiger partial charge in [0, 0.05) is 18.4 Å². The fraction of sp³-hybridized carbons (Fsp3) is 0.417. The summed E-state index contributed by atoms with van der Waals surface area (Å²) >= 11 is 0. The molecule has 2 N–H and O–H groups in total. The molecule has 0 saturated carbocycles. The van der Waals surface area contributed by atoms with Crippen molar-refractivity contribution in [1.29, 1.82) is 0 Å². The second-order valence-corrected chi connectivity index (χ2v) is 4.22. The zero-order chi connectivity index (χ0) is 13.8. The van der Waals surface area contributed by atoms with E-state index in [1.54, 1.807) is 25.1 Å². The Bertz CT molecular complexity index is 618. The number of benzene rings is 1. The van der Waals surface area contributed by atoms with E-state index >= 15 is 0 Å². The lowest BCUT2D eigenvalue weighted by Gasteiger charge is -2.17. The Kier molecular flexibility index (Phi) is 4.01. The van der Waals surface area contributed by atoms with Crippen LogP contribution in [0.3, 0.4) is 0 Å². The molecular weight excluding hydrogens is 248 g/mol. The van der Waals surface area contributed by atoms with Crippen molar-refractivity contribution < 1.29 is 14.6 Å². The van der Waals surface area contributed by atoms with Crippen molar-refractivity contribution in [2.75, 3.05) is 6.54 Å². The number of fused-ring (bicyclic) bond motifs is 1. The second-order valence-electron chi connectivity index (χ2n) is 4.22. The van der Waals surface area contributed by atoms with Gasteiger partial charge in [-0.15, -0.1) is 0 Å². The van der Waals surface area contributed by atoms with E-state index in [2.05, 4.69) is 15.0 Å². The minimum Gasteiger partial charge on any atom is -0.441 e. The van der Waals surface area contributed by atoms with Crippen molar-refractivity contribution in [2.24, 2.45) is 5.11 Å². The van der Waals surface area contributed by atoms with E-state index in [-0.39, 0.29) is 13.0 Å². The molecule has 0 amide bonds. The second kappa shape index (κ2) is 5.71. The molecule has 1 aromatic carbocycles. The largest absolute Gasteiger partial charge is 0.441 e. The van der Waals surface area contributed by atoms with Crippen molar-refractivity contribution in [2.45, 2.75) is 25.6 Å². The van der Waals surface area contributed by atoms with Gasteiger partial charge in [-0.3, -0.25) is 0 Å². The summed E-state index contributed by atoms with van der Waals surface area (Å²) in [5.74, 6) is 0.547. The molecule has 0 spiro atoms. The van der Waals surface area contributed by atoms with Gasteiger partial charge in [0.15, 0.2) is 11.5 Å². The van der Waals surface area contributed by atoms with E-state index in [1.165, 1.54) is 0 Å². The zero-order valence-electron chi connectivity index (χ0n) is 10.4. The quantitative estimate of drug-likeness (QED) is 0.488. The number of aryl methyl sites for hydroxylation is 1. The Morgan fingerprint density at radius 2 is 2.26 bits per heavy atom. The molecule has 2 aromatic rings. The van der Waals surface area contributed by atoms with Crippen molar-refractivity contribution >= 4 is 11.1 Å². The fourth-order valence-electron chi connectivity index (χ4n) is 1.86. The first-order valence-electron chi connectivity index (χ1n) is 5.86. The van der Waals surface area contributed by atoms with Crippen LogP contribution in [0.5, 0.6) is 0 Å². The van der Waals surface area contributed by atoms with Crippen LogP contribution in [0.15, 0.2) is 27.7 Å². The van der Waals surface area contributed by atoms with Gasteiger partial charge in [0.25, 0.3) is 0 Å². The van der Waals surface area contributed by atoms with Gasteiger partial charge >= 0.3 is 0 Å². The number of azide groups is 1. The number of hydrogen-bond acceptors (Lipinski definition) is 5. The van der Waals surface area contributed by atoms with Crippen LogP contribution >= 0.6 is 0 Å². The van der Waals surface area contributed by atoms with Crippen LogP contribution in [-0.4, -0.2) is 27.8 Å². The molecule has 0 radical (unpaired) electrons. The van der Waals surface area contributed by atoms with Gasteiger partial charge in [0.2, 0.25) is 0 Å². The molecule has 7 heteroatoms. The van der Waals surface area contributed by atoms with E-state index in [1.807, 2.05) is 0 Å². The third-order valence-corrected chi connectivity index (χ3v) is 2.81. The van der Waals surface area contributed by atoms with Gasteiger partial charge in [0.1, 0.15) is 11.6 Å². The van der Waals surface area contributed by atoms with Crippen molar-refractivity contribution in [3.05, 3.63) is 40.1 Å². The maximum atomic E-state index is 10.0. The number of nitrogens with zero attached hydrogens (tertiary/aromatic N) is 4. The number of rotatable bonds is 5.